The van der Waals surface area contributed by atoms with Crippen LogP contribution in [0.15, 0.2) is 54.6 Å². The molecule has 0 aliphatic carbocycles. The molecule has 2 rings (SSSR count). The monoisotopic (exact) mass is 426 g/mol. The Labute approximate surface area is 169 Å². The van der Waals surface area contributed by atoms with E-state index in [0.29, 0.717) is 11.3 Å². The number of carbonyl (C=O) groups excluding carboxylic acids is 2. The van der Waals surface area contributed by atoms with Gasteiger partial charge in [-0.25, -0.2) is 4.79 Å². The zero-order valence-corrected chi connectivity index (χ0v) is 16.2. The number of thiocarbonyl (C=S) groups is 1. The second kappa shape index (κ2) is 8.58. The van der Waals surface area contributed by atoms with Gasteiger partial charge in [-0.1, -0.05) is 30.3 Å². The van der Waals surface area contributed by atoms with E-state index < -0.39 is 29.2 Å². The molecule has 0 radical (unpaired) electrons. The van der Waals surface area contributed by atoms with E-state index in [9.17, 15) is 27.9 Å². The van der Waals surface area contributed by atoms with E-state index in [0.717, 1.165) is 19.2 Å². The Kier molecular flexibility index (Phi) is 6.60. The molecule has 1 amide bonds. The zero-order valence-electron chi connectivity index (χ0n) is 15.4. The van der Waals surface area contributed by atoms with Crippen molar-refractivity contribution >= 4 is 34.9 Å². The fourth-order valence-corrected chi connectivity index (χ4v) is 2.63. The molecule has 1 atom stereocenters. The van der Waals surface area contributed by atoms with Crippen LogP contribution in [-0.4, -0.2) is 42.4 Å². The van der Waals surface area contributed by atoms with Gasteiger partial charge in [0.25, 0.3) is 11.5 Å². The Morgan fingerprint density at radius 1 is 1.07 bits per heavy atom. The number of aliphatic hydroxyl groups is 1. The molecule has 154 valence electrons. The van der Waals surface area contributed by atoms with E-state index in [4.69, 9.17) is 12.2 Å². The standard InChI is InChI=1S/C19H17F3N2O4S/c1-24(17(29)23-15(25)12-6-4-3-5-7-12)14-10-8-13(9-11-14)18(27,16(26)28-2)19(20,21)22/h3-11,27H,1-2H3,(H,23,25,29). The molecule has 0 aromatic heterocycles. The molecule has 1 unspecified atom stereocenters. The SMILES string of the molecule is COC(=O)C(O)(c1ccc(N(C)C(=S)NC(=O)c2ccccc2)cc1)C(F)(F)F. The second-order valence-corrected chi connectivity index (χ2v) is 6.32. The van der Waals surface area contributed by atoms with Crippen molar-refractivity contribution in [2.75, 3.05) is 19.1 Å². The number of anilines is 1. The van der Waals surface area contributed by atoms with E-state index in [1.54, 1.807) is 30.3 Å². The van der Waals surface area contributed by atoms with Crippen LogP contribution in [0.4, 0.5) is 18.9 Å². The van der Waals surface area contributed by atoms with Gasteiger partial charge in [0.15, 0.2) is 5.11 Å². The number of methoxy groups -OCH3 is 1. The number of carbonyl (C=O) groups is 2. The van der Waals surface area contributed by atoms with Gasteiger partial charge < -0.3 is 14.7 Å². The van der Waals surface area contributed by atoms with Gasteiger partial charge >= 0.3 is 12.1 Å². The average molecular weight is 426 g/mol. The molecule has 6 nitrogen and oxygen atoms in total. The predicted octanol–water partition coefficient (Wildman–Crippen LogP) is 2.76. The molecule has 2 N–H and O–H groups in total. The molecule has 0 fully saturated rings. The number of rotatable bonds is 4. The van der Waals surface area contributed by atoms with Gasteiger partial charge in [-0.3, -0.25) is 10.1 Å². The maximum Gasteiger partial charge on any atom is 0.432 e. The summed E-state index contributed by atoms with van der Waals surface area (Å²) in [6.07, 6.45) is -5.29. The molecule has 0 aliphatic rings. The lowest BCUT2D eigenvalue weighted by atomic mass is 9.93. The van der Waals surface area contributed by atoms with Crippen LogP contribution in [-0.2, 0) is 15.1 Å². The highest BCUT2D eigenvalue weighted by atomic mass is 32.1. The lowest BCUT2D eigenvalue weighted by Crippen LogP contribution is -2.49. The molecule has 0 bridgehead atoms. The number of alkyl halides is 3. The Hall–Kier alpha value is -2.98. The predicted molar refractivity (Wildman–Crippen MR) is 103 cm³/mol. The van der Waals surface area contributed by atoms with Crippen molar-refractivity contribution in [3.63, 3.8) is 0 Å². The number of ether oxygens (including phenoxy) is 1. The van der Waals surface area contributed by atoms with Crippen LogP contribution in [0.2, 0.25) is 0 Å². The van der Waals surface area contributed by atoms with Crippen LogP contribution in [0.1, 0.15) is 15.9 Å². The minimum atomic E-state index is -5.29. The summed E-state index contributed by atoms with van der Waals surface area (Å²) in [5.41, 5.74) is -3.82. The Morgan fingerprint density at radius 2 is 1.62 bits per heavy atom. The van der Waals surface area contributed by atoms with Gasteiger partial charge in [0.2, 0.25) is 0 Å². The van der Waals surface area contributed by atoms with Crippen molar-refractivity contribution in [2.24, 2.45) is 0 Å². The fourth-order valence-electron chi connectivity index (χ4n) is 2.43. The number of hydrogen-bond acceptors (Lipinski definition) is 5. The Bertz CT molecular complexity index is 904. The molecule has 0 spiro atoms. The first-order valence-corrected chi connectivity index (χ1v) is 8.55. The Balaban J connectivity index is 2.21. The number of nitrogens with one attached hydrogen (secondary N) is 1. The molecule has 2 aromatic rings. The summed E-state index contributed by atoms with van der Waals surface area (Å²) in [7, 11) is 2.24. The van der Waals surface area contributed by atoms with E-state index in [1.165, 1.54) is 24.1 Å². The maximum absolute atomic E-state index is 13.3. The van der Waals surface area contributed by atoms with E-state index in [-0.39, 0.29) is 5.11 Å². The molecule has 0 heterocycles. The summed E-state index contributed by atoms with van der Waals surface area (Å²) >= 11 is 5.15. The quantitative estimate of drug-likeness (QED) is 0.578. The summed E-state index contributed by atoms with van der Waals surface area (Å²) in [5, 5.41) is 12.5. The van der Waals surface area contributed by atoms with Crippen LogP contribution < -0.4 is 10.2 Å². The number of amides is 1. The third kappa shape index (κ3) is 4.54. The zero-order chi connectivity index (χ0) is 21.8. The maximum atomic E-state index is 13.3. The van der Waals surface area contributed by atoms with Crippen molar-refractivity contribution in [3.8, 4) is 0 Å². The molecule has 0 aliphatic heterocycles. The van der Waals surface area contributed by atoms with Crippen molar-refractivity contribution in [1.29, 1.82) is 0 Å². The van der Waals surface area contributed by atoms with Crippen molar-refractivity contribution in [1.82, 2.24) is 5.32 Å². The highest BCUT2D eigenvalue weighted by molar-refractivity contribution is 7.80. The lowest BCUT2D eigenvalue weighted by Gasteiger charge is -2.28. The fraction of sp³-hybridized carbons (Fsp3) is 0.211. The van der Waals surface area contributed by atoms with Crippen molar-refractivity contribution < 1.29 is 32.6 Å². The summed E-state index contributed by atoms with van der Waals surface area (Å²) in [4.78, 5) is 25.1. The molecular weight excluding hydrogens is 409 g/mol. The molecular formula is C19H17F3N2O4S. The van der Waals surface area contributed by atoms with Gasteiger partial charge in [-0.2, -0.15) is 13.2 Å². The molecule has 29 heavy (non-hydrogen) atoms. The van der Waals surface area contributed by atoms with Gasteiger partial charge in [0, 0.05) is 23.9 Å². The summed E-state index contributed by atoms with van der Waals surface area (Å²) in [6, 6.07) is 12.6. The van der Waals surface area contributed by atoms with Gasteiger partial charge in [-0.05, 0) is 36.5 Å². The van der Waals surface area contributed by atoms with Gasteiger partial charge in [-0.15, -0.1) is 0 Å². The summed E-state index contributed by atoms with van der Waals surface area (Å²) < 4.78 is 44.0. The highest BCUT2D eigenvalue weighted by Gasteiger charge is 2.62. The smallest absolute Gasteiger partial charge is 0.432 e. The third-order valence-corrected chi connectivity index (χ3v) is 4.50. The normalized spacial score (nSPS) is 13.2. The first kappa shape index (κ1) is 22.3. The third-order valence-electron chi connectivity index (χ3n) is 4.12. The number of esters is 1. The topological polar surface area (TPSA) is 78.9 Å². The number of benzene rings is 2. The Morgan fingerprint density at radius 3 is 2.10 bits per heavy atom. The number of halogens is 3. The summed E-state index contributed by atoms with van der Waals surface area (Å²) in [6.45, 7) is 0. The first-order valence-electron chi connectivity index (χ1n) is 8.14. The van der Waals surface area contributed by atoms with Crippen molar-refractivity contribution in [3.05, 3.63) is 65.7 Å². The summed E-state index contributed by atoms with van der Waals surface area (Å²) in [5.74, 6) is -2.30. The van der Waals surface area contributed by atoms with Crippen LogP contribution in [0.3, 0.4) is 0 Å². The van der Waals surface area contributed by atoms with Crippen LogP contribution in [0, 0.1) is 0 Å². The molecule has 0 saturated heterocycles. The van der Waals surface area contributed by atoms with Crippen molar-refractivity contribution in [2.45, 2.75) is 11.8 Å². The lowest BCUT2D eigenvalue weighted by molar-refractivity contribution is -0.266. The highest BCUT2D eigenvalue weighted by Crippen LogP contribution is 2.40. The van der Waals surface area contributed by atoms with Crippen LogP contribution in [0.5, 0.6) is 0 Å². The minimum absolute atomic E-state index is 0.00524. The molecule has 2 aromatic carbocycles. The first-order chi connectivity index (χ1) is 13.5. The van der Waals surface area contributed by atoms with Gasteiger partial charge in [0.05, 0.1) is 7.11 Å². The van der Waals surface area contributed by atoms with Crippen LogP contribution >= 0.6 is 12.2 Å². The minimum Gasteiger partial charge on any atom is -0.466 e. The molecule has 10 heteroatoms. The van der Waals surface area contributed by atoms with Gasteiger partial charge in [0.1, 0.15) is 0 Å². The largest absolute Gasteiger partial charge is 0.466 e. The van der Waals surface area contributed by atoms with Crippen LogP contribution in [0.25, 0.3) is 0 Å². The van der Waals surface area contributed by atoms with E-state index in [2.05, 4.69) is 10.1 Å². The van der Waals surface area contributed by atoms with E-state index in [1.807, 2.05) is 0 Å². The molecule has 0 saturated carbocycles. The second-order valence-electron chi connectivity index (χ2n) is 5.93. The average Bonchev–Trinajstić information content (AvgIpc) is 2.71. The van der Waals surface area contributed by atoms with E-state index >= 15 is 0 Å². The number of hydrogen-bond donors (Lipinski definition) is 2. The number of nitrogens with zero attached hydrogens (tertiary/aromatic N) is 1.